The van der Waals surface area contributed by atoms with Crippen LogP contribution in [-0.4, -0.2) is 41.4 Å². The summed E-state index contributed by atoms with van der Waals surface area (Å²) in [4.78, 5) is 26.9. The molecule has 1 aromatic carbocycles. The van der Waals surface area contributed by atoms with Crippen molar-refractivity contribution in [1.29, 1.82) is 5.26 Å². The minimum Gasteiger partial charge on any atom is -0.538 e. The molecule has 0 saturated carbocycles. The summed E-state index contributed by atoms with van der Waals surface area (Å²) in [6, 6.07) is 9.03. The summed E-state index contributed by atoms with van der Waals surface area (Å²) in [5.74, 6) is -0.490. The predicted octanol–water partition coefficient (Wildman–Crippen LogP) is 1.60. The second kappa shape index (κ2) is 9.51. The van der Waals surface area contributed by atoms with Gasteiger partial charge in [0.05, 0.1) is 30.2 Å². The van der Waals surface area contributed by atoms with Gasteiger partial charge in [0.15, 0.2) is 5.95 Å². The van der Waals surface area contributed by atoms with Crippen LogP contribution in [0, 0.1) is 11.3 Å². The van der Waals surface area contributed by atoms with Crippen LogP contribution in [0.15, 0.2) is 33.8 Å². The third kappa shape index (κ3) is 4.64. The van der Waals surface area contributed by atoms with Crippen LogP contribution in [0.2, 0.25) is 0 Å². The quantitative estimate of drug-likeness (QED) is 0.411. The number of fused-ring (bicyclic) bond motifs is 1. The first kappa shape index (κ1) is 22.6. The highest BCUT2D eigenvalue weighted by Crippen LogP contribution is 2.37. The Morgan fingerprint density at radius 3 is 2.85 bits per heavy atom. The molecule has 12 heteroatoms. The van der Waals surface area contributed by atoms with E-state index in [-0.39, 0.29) is 22.6 Å². The van der Waals surface area contributed by atoms with Gasteiger partial charge in [0.1, 0.15) is 16.8 Å². The van der Waals surface area contributed by atoms with Gasteiger partial charge in [0.2, 0.25) is 17.5 Å². The third-order valence-corrected chi connectivity index (χ3v) is 7.25. The fourth-order valence-electron chi connectivity index (χ4n) is 3.42. The van der Waals surface area contributed by atoms with Crippen LogP contribution in [0.5, 0.6) is 11.7 Å². The minimum atomic E-state index is -0.655. The molecule has 3 heterocycles. The van der Waals surface area contributed by atoms with Crippen LogP contribution < -0.4 is 19.8 Å². The first-order valence-electron chi connectivity index (χ1n) is 9.87. The van der Waals surface area contributed by atoms with Gasteiger partial charge in [-0.05, 0) is 40.6 Å². The highest BCUT2D eigenvalue weighted by atomic mass is 32.2. The standard InChI is InChI=1S/C21H19N5O5S2/c1-12(27)25-8-7-15-16(9-22)19(33-17(15)10-25)23-18(28)11-32-20-21(29)31-24-26(20)13-3-5-14(30-2)6-4-13/h3-6H,7-8,10-11H2,1-2H3,(H-,23,24,28,29). The average molecular weight is 486 g/mol. The number of ether oxygens (including phenoxy) is 1. The molecule has 4 rings (SSSR count). The summed E-state index contributed by atoms with van der Waals surface area (Å²) in [5, 5.41) is 28.9. The van der Waals surface area contributed by atoms with Crippen LogP contribution in [0.1, 0.15) is 22.9 Å². The molecule has 0 saturated heterocycles. The van der Waals surface area contributed by atoms with E-state index in [1.165, 1.54) is 22.9 Å². The SMILES string of the molecule is COc1ccc(-[n+]2noc([O-])c2SCC(=O)Nc2sc3c(c2C#N)CCN(C(C)=O)C3)cc1. The van der Waals surface area contributed by atoms with Crippen LogP contribution in [-0.2, 0) is 22.6 Å². The molecule has 10 nitrogen and oxygen atoms in total. The summed E-state index contributed by atoms with van der Waals surface area (Å²) in [5.41, 5.74) is 1.89. The molecular formula is C21H19N5O5S2. The number of carbonyl (C=O) groups is 2. The molecule has 3 aromatic rings. The Hall–Kier alpha value is -3.56. The number of anilines is 1. The summed E-state index contributed by atoms with van der Waals surface area (Å²) in [6.07, 6.45) is 0.570. The predicted molar refractivity (Wildman–Crippen MR) is 117 cm³/mol. The molecule has 2 amide bonds. The Morgan fingerprint density at radius 2 is 2.18 bits per heavy atom. The zero-order chi connectivity index (χ0) is 23.5. The Labute approximate surface area is 197 Å². The Balaban J connectivity index is 1.46. The molecule has 0 bridgehead atoms. The zero-order valence-electron chi connectivity index (χ0n) is 17.8. The Bertz CT molecular complexity index is 1250. The van der Waals surface area contributed by atoms with Crippen molar-refractivity contribution in [2.75, 3.05) is 24.7 Å². The van der Waals surface area contributed by atoms with E-state index in [1.54, 1.807) is 36.3 Å². The number of benzene rings is 1. The summed E-state index contributed by atoms with van der Waals surface area (Å²) in [7, 11) is 1.55. The van der Waals surface area contributed by atoms with Crippen molar-refractivity contribution in [1.82, 2.24) is 10.2 Å². The van der Waals surface area contributed by atoms with Crippen molar-refractivity contribution in [2.24, 2.45) is 0 Å². The molecular weight excluding hydrogens is 466 g/mol. The minimum absolute atomic E-state index is 0.0261. The molecule has 1 aliphatic heterocycles. The van der Waals surface area contributed by atoms with Crippen LogP contribution in [0.25, 0.3) is 5.69 Å². The number of rotatable bonds is 6. The van der Waals surface area contributed by atoms with Gasteiger partial charge in [-0.3, -0.25) is 9.59 Å². The van der Waals surface area contributed by atoms with Gasteiger partial charge < -0.3 is 24.6 Å². The lowest BCUT2D eigenvalue weighted by Crippen LogP contribution is -2.35. The molecule has 2 aromatic heterocycles. The molecule has 170 valence electrons. The molecule has 0 atom stereocenters. The van der Waals surface area contributed by atoms with Crippen molar-refractivity contribution >= 4 is 39.9 Å². The van der Waals surface area contributed by atoms with Crippen molar-refractivity contribution < 1.29 is 28.6 Å². The number of nitriles is 1. The number of nitrogens with one attached hydrogen (secondary N) is 1. The molecule has 0 fully saturated rings. The smallest absolute Gasteiger partial charge is 0.298 e. The Kier molecular flexibility index (Phi) is 6.52. The number of aromatic nitrogens is 2. The molecule has 0 radical (unpaired) electrons. The molecule has 0 unspecified atom stereocenters. The number of carbonyl (C=O) groups excluding carboxylic acids is 2. The van der Waals surface area contributed by atoms with Gasteiger partial charge in [-0.15, -0.1) is 11.3 Å². The number of hydrogen-bond donors (Lipinski definition) is 1. The highest BCUT2D eigenvalue weighted by molar-refractivity contribution is 7.99. The molecule has 0 aliphatic carbocycles. The maximum Gasteiger partial charge on any atom is 0.298 e. The number of hydrogen-bond acceptors (Lipinski definition) is 9. The molecule has 1 aliphatic rings. The molecule has 1 N–H and O–H groups in total. The number of thiophene rings is 1. The fourth-order valence-corrected chi connectivity index (χ4v) is 5.41. The van der Waals surface area contributed by atoms with Crippen molar-refractivity contribution in [3.8, 4) is 23.5 Å². The lowest BCUT2D eigenvalue weighted by atomic mass is 10.0. The van der Waals surface area contributed by atoms with E-state index in [2.05, 4.69) is 16.7 Å². The summed E-state index contributed by atoms with van der Waals surface area (Å²) < 4.78 is 11.2. The third-order valence-electron chi connectivity index (χ3n) is 5.10. The summed E-state index contributed by atoms with van der Waals surface area (Å²) in [6.45, 7) is 2.48. The van der Waals surface area contributed by atoms with Crippen molar-refractivity contribution in [3.63, 3.8) is 0 Å². The zero-order valence-corrected chi connectivity index (χ0v) is 19.4. The van der Waals surface area contributed by atoms with E-state index in [0.29, 0.717) is 41.5 Å². The maximum absolute atomic E-state index is 12.6. The topological polar surface area (TPSA) is 135 Å². The fraction of sp³-hybridized carbons (Fsp3) is 0.286. The number of amides is 2. The summed E-state index contributed by atoms with van der Waals surface area (Å²) >= 11 is 2.28. The first-order chi connectivity index (χ1) is 15.9. The second-order valence-corrected chi connectivity index (χ2v) is 9.19. The normalized spacial score (nSPS) is 12.7. The lowest BCUT2D eigenvalue weighted by Gasteiger charge is -2.25. The Morgan fingerprint density at radius 1 is 1.42 bits per heavy atom. The largest absolute Gasteiger partial charge is 0.538 e. The molecule has 33 heavy (non-hydrogen) atoms. The number of nitrogens with zero attached hydrogens (tertiary/aromatic N) is 4. The first-order valence-corrected chi connectivity index (χ1v) is 11.7. The highest BCUT2D eigenvalue weighted by Gasteiger charge is 2.27. The number of thioether (sulfide) groups is 1. The van der Waals surface area contributed by atoms with Crippen LogP contribution >= 0.6 is 23.1 Å². The van der Waals surface area contributed by atoms with Crippen LogP contribution in [0.4, 0.5) is 5.00 Å². The molecule has 0 spiro atoms. The second-order valence-electron chi connectivity index (χ2n) is 7.12. The van der Waals surface area contributed by atoms with Crippen LogP contribution in [0.3, 0.4) is 0 Å². The van der Waals surface area contributed by atoms with Gasteiger partial charge in [-0.2, -0.15) is 5.26 Å². The maximum atomic E-state index is 12.6. The monoisotopic (exact) mass is 485 g/mol. The van der Waals surface area contributed by atoms with Gasteiger partial charge in [-0.1, -0.05) is 0 Å². The van der Waals surface area contributed by atoms with E-state index >= 15 is 0 Å². The van der Waals surface area contributed by atoms with E-state index < -0.39 is 5.95 Å². The van der Waals surface area contributed by atoms with E-state index in [0.717, 1.165) is 22.2 Å². The van der Waals surface area contributed by atoms with Gasteiger partial charge >= 0.3 is 0 Å². The van der Waals surface area contributed by atoms with Gasteiger partial charge in [-0.25, -0.2) is 0 Å². The number of methoxy groups -OCH3 is 1. The van der Waals surface area contributed by atoms with Crippen molar-refractivity contribution in [3.05, 3.63) is 40.3 Å². The average Bonchev–Trinajstić information content (AvgIpc) is 3.36. The lowest BCUT2D eigenvalue weighted by molar-refractivity contribution is -0.705. The van der Waals surface area contributed by atoms with E-state index in [9.17, 15) is 20.0 Å². The van der Waals surface area contributed by atoms with E-state index in [1.807, 2.05) is 0 Å². The van der Waals surface area contributed by atoms with Gasteiger partial charge in [0.25, 0.3) is 5.03 Å². The van der Waals surface area contributed by atoms with Crippen molar-refractivity contribution in [2.45, 2.75) is 24.9 Å². The van der Waals surface area contributed by atoms with E-state index in [4.69, 9.17) is 9.26 Å². The van der Waals surface area contributed by atoms with Gasteiger partial charge in [0, 0.05) is 30.5 Å².